The van der Waals surface area contributed by atoms with Crippen LogP contribution >= 0.6 is 0 Å². The predicted molar refractivity (Wildman–Crippen MR) is 109 cm³/mol. The van der Waals surface area contributed by atoms with Crippen molar-refractivity contribution in [1.82, 2.24) is 4.90 Å². The molecule has 0 radical (unpaired) electrons. The number of rotatable bonds is 6. The first-order valence-corrected chi connectivity index (χ1v) is 9.81. The Morgan fingerprint density at radius 3 is 2.33 bits per heavy atom. The molecule has 2 aromatic carbocycles. The van der Waals surface area contributed by atoms with Gasteiger partial charge in [-0.1, -0.05) is 50.2 Å². The number of likely N-dealkylation sites (tertiary alicyclic amines) is 1. The molecule has 0 aliphatic carbocycles. The van der Waals surface area contributed by atoms with Gasteiger partial charge < -0.3 is 10.2 Å². The van der Waals surface area contributed by atoms with Crippen LogP contribution in [0.25, 0.3) is 0 Å². The molecule has 2 aromatic rings. The second kappa shape index (κ2) is 8.85. The molecule has 0 aromatic heterocycles. The second-order valence-corrected chi connectivity index (χ2v) is 7.49. The number of benzene rings is 2. The van der Waals surface area contributed by atoms with Crippen LogP contribution in [0.4, 0.5) is 5.69 Å². The van der Waals surface area contributed by atoms with E-state index in [9.17, 15) is 9.59 Å². The van der Waals surface area contributed by atoms with Crippen molar-refractivity contribution >= 4 is 17.5 Å². The van der Waals surface area contributed by atoms with Crippen LogP contribution in [0, 0.1) is 0 Å². The molecule has 3 rings (SSSR count). The minimum Gasteiger partial charge on any atom is -0.339 e. The van der Waals surface area contributed by atoms with Crippen LogP contribution in [0.1, 0.15) is 60.5 Å². The van der Waals surface area contributed by atoms with Crippen LogP contribution in [0.3, 0.4) is 0 Å². The third kappa shape index (κ3) is 4.97. The third-order valence-electron chi connectivity index (χ3n) is 5.11. The Morgan fingerprint density at radius 1 is 1.00 bits per heavy atom. The monoisotopic (exact) mass is 364 g/mol. The molecule has 1 heterocycles. The Morgan fingerprint density at radius 2 is 1.67 bits per heavy atom. The minimum absolute atomic E-state index is 0.00711. The molecule has 0 saturated carbocycles. The zero-order valence-corrected chi connectivity index (χ0v) is 16.2. The van der Waals surface area contributed by atoms with E-state index in [1.165, 1.54) is 5.56 Å². The average molecular weight is 364 g/mol. The maximum Gasteiger partial charge on any atom is 0.255 e. The third-order valence-corrected chi connectivity index (χ3v) is 5.11. The molecule has 0 spiro atoms. The van der Waals surface area contributed by atoms with Gasteiger partial charge in [0.2, 0.25) is 5.91 Å². The minimum atomic E-state index is -0.0652. The normalized spacial score (nSPS) is 13.8. The molecule has 0 bridgehead atoms. The number of aryl methyl sites for hydroxylation is 1. The molecule has 4 nitrogen and oxygen atoms in total. The molecule has 1 aliphatic heterocycles. The SMILES string of the molecule is CC(C)c1ccc(CCC(=O)Nc2ccccc2C(=O)N2CCCC2)cc1. The van der Waals surface area contributed by atoms with Crippen LogP contribution in [-0.2, 0) is 11.2 Å². The van der Waals surface area contributed by atoms with Crippen LogP contribution in [0.5, 0.6) is 0 Å². The smallest absolute Gasteiger partial charge is 0.255 e. The maximum atomic E-state index is 12.7. The van der Waals surface area contributed by atoms with Crippen molar-refractivity contribution in [2.45, 2.75) is 45.4 Å². The summed E-state index contributed by atoms with van der Waals surface area (Å²) in [6.07, 6.45) is 3.19. The topological polar surface area (TPSA) is 49.4 Å². The summed E-state index contributed by atoms with van der Waals surface area (Å²) in [5.41, 5.74) is 3.64. The van der Waals surface area contributed by atoms with Gasteiger partial charge in [0.15, 0.2) is 0 Å². The van der Waals surface area contributed by atoms with Gasteiger partial charge in [0.05, 0.1) is 11.3 Å². The fourth-order valence-corrected chi connectivity index (χ4v) is 3.41. The van der Waals surface area contributed by atoms with Crippen molar-refractivity contribution in [2.75, 3.05) is 18.4 Å². The van der Waals surface area contributed by atoms with Gasteiger partial charge in [-0.25, -0.2) is 0 Å². The molecule has 0 atom stereocenters. The van der Waals surface area contributed by atoms with E-state index < -0.39 is 0 Å². The van der Waals surface area contributed by atoms with Gasteiger partial charge in [-0.15, -0.1) is 0 Å². The Hall–Kier alpha value is -2.62. The fourth-order valence-electron chi connectivity index (χ4n) is 3.41. The van der Waals surface area contributed by atoms with E-state index in [2.05, 4.69) is 43.4 Å². The average Bonchev–Trinajstić information content (AvgIpc) is 3.21. The van der Waals surface area contributed by atoms with Crippen LogP contribution in [-0.4, -0.2) is 29.8 Å². The Labute approximate surface area is 161 Å². The van der Waals surface area contributed by atoms with Crippen LogP contribution in [0.15, 0.2) is 48.5 Å². The quantitative estimate of drug-likeness (QED) is 0.813. The van der Waals surface area contributed by atoms with Crippen molar-refractivity contribution in [1.29, 1.82) is 0 Å². The van der Waals surface area contributed by atoms with Crippen molar-refractivity contribution < 1.29 is 9.59 Å². The molecule has 27 heavy (non-hydrogen) atoms. The molecule has 0 unspecified atom stereocenters. The summed E-state index contributed by atoms with van der Waals surface area (Å²) in [6.45, 7) is 5.94. The summed E-state index contributed by atoms with van der Waals surface area (Å²) < 4.78 is 0. The van der Waals surface area contributed by atoms with Crippen molar-refractivity contribution in [2.24, 2.45) is 0 Å². The maximum absolute atomic E-state index is 12.7. The summed E-state index contributed by atoms with van der Waals surface area (Å²) >= 11 is 0. The summed E-state index contributed by atoms with van der Waals surface area (Å²) in [6, 6.07) is 15.7. The number of hydrogen-bond acceptors (Lipinski definition) is 2. The predicted octanol–water partition coefficient (Wildman–Crippen LogP) is 4.62. The molecular weight excluding hydrogens is 336 g/mol. The number of hydrogen-bond donors (Lipinski definition) is 1. The highest BCUT2D eigenvalue weighted by molar-refractivity contribution is 6.03. The first kappa shape index (κ1) is 19.2. The zero-order valence-electron chi connectivity index (χ0n) is 16.2. The summed E-state index contributed by atoms with van der Waals surface area (Å²) in [4.78, 5) is 27.0. The molecule has 142 valence electrons. The Balaban J connectivity index is 1.60. The first-order valence-electron chi connectivity index (χ1n) is 9.81. The number of nitrogens with one attached hydrogen (secondary N) is 1. The highest BCUT2D eigenvalue weighted by Gasteiger charge is 2.22. The molecule has 2 amide bonds. The van der Waals surface area contributed by atoms with Gasteiger partial charge in [0.25, 0.3) is 5.91 Å². The molecule has 1 N–H and O–H groups in total. The lowest BCUT2D eigenvalue weighted by Crippen LogP contribution is -2.28. The lowest BCUT2D eigenvalue weighted by molar-refractivity contribution is -0.116. The number of carbonyl (C=O) groups excluding carboxylic acids is 2. The van der Waals surface area contributed by atoms with E-state index in [-0.39, 0.29) is 11.8 Å². The van der Waals surface area contributed by atoms with E-state index in [1.807, 2.05) is 17.0 Å². The summed E-state index contributed by atoms with van der Waals surface area (Å²) in [5.74, 6) is 0.448. The zero-order chi connectivity index (χ0) is 19.2. The van der Waals surface area contributed by atoms with Gasteiger partial charge in [0.1, 0.15) is 0 Å². The number of anilines is 1. The summed E-state index contributed by atoms with van der Waals surface area (Å²) in [5, 5.41) is 2.93. The van der Waals surface area contributed by atoms with Crippen molar-refractivity contribution in [3.63, 3.8) is 0 Å². The van der Waals surface area contributed by atoms with Crippen molar-refractivity contribution in [3.05, 3.63) is 65.2 Å². The number of nitrogens with zero attached hydrogens (tertiary/aromatic N) is 1. The molecular formula is C23H28N2O2. The van der Waals surface area contributed by atoms with Crippen molar-refractivity contribution in [3.8, 4) is 0 Å². The Kier molecular flexibility index (Phi) is 6.28. The fraction of sp³-hybridized carbons (Fsp3) is 0.391. The molecule has 1 aliphatic rings. The van der Waals surface area contributed by atoms with Gasteiger partial charge in [-0.05, 0) is 48.4 Å². The highest BCUT2D eigenvalue weighted by Crippen LogP contribution is 2.21. The largest absolute Gasteiger partial charge is 0.339 e. The van der Waals surface area contributed by atoms with Crippen LogP contribution in [0.2, 0.25) is 0 Å². The van der Waals surface area contributed by atoms with E-state index in [0.717, 1.165) is 31.5 Å². The van der Waals surface area contributed by atoms with Gasteiger partial charge >= 0.3 is 0 Å². The van der Waals surface area contributed by atoms with E-state index >= 15 is 0 Å². The van der Waals surface area contributed by atoms with Gasteiger partial charge in [-0.3, -0.25) is 9.59 Å². The lowest BCUT2D eigenvalue weighted by atomic mass is 10.0. The number of amides is 2. The standard InChI is InChI=1S/C23H28N2O2/c1-17(2)19-12-9-18(10-13-19)11-14-22(26)24-21-8-4-3-7-20(21)23(27)25-15-5-6-16-25/h3-4,7-10,12-13,17H,5-6,11,14-16H2,1-2H3,(H,24,26). The molecule has 1 fully saturated rings. The highest BCUT2D eigenvalue weighted by atomic mass is 16.2. The summed E-state index contributed by atoms with van der Waals surface area (Å²) in [7, 11) is 0. The van der Waals surface area contributed by atoms with Gasteiger partial charge in [0, 0.05) is 19.5 Å². The van der Waals surface area contributed by atoms with E-state index in [1.54, 1.807) is 12.1 Å². The van der Waals surface area contributed by atoms with E-state index in [0.29, 0.717) is 30.0 Å². The Bertz CT molecular complexity index is 790. The van der Waals surface area contributed by atoms with Gasteiger partial charge in [-0.2, -0.15) is 0 Å². The molecule has 4 heteroatoms. The van der Waals surface area contributed by atoms with Crippen LogP contribution < -0.4 is 5.32 Å². The lowest BCUT2D eigenvalue weighted by Gasteiger charge is -2.18. The number of para-hydroxylation sites is 1. The second-order valence-electron chi connectivity index (χ2n) is 7.49. The first-order chi connectivity index (χ1) is 13.0. The van der Waals surface area contributed by atoms with E-state index in [4.69, 9.17) is 0 Å². The number of carbonyl (C=O) groups is 2. The molecule has 1 saturated heterocycles.